The quantitative estimate of drug-likeness (QED) is 0.622. The average molecular weight is 327 g/mol. The number of methoxy groups -OCH3 is 1. The third kappa shape index (κ3) is 5.40. The highest BCUT2D eigenvalue weighted by Crippen LogP contribution is 2.22. The third-order valence-corrected chi connectivity index (χ3v) is 4.74. The van der Waals surface area contributed by atoms with Crippen molar-refractivity contribution in [3.63, 3.8) is 0 Å². The molecule has 0 heterocycles. The van der Waals surface area contributed by atoms with E-state index in [2.05, 4.69) is 35.7 Å². The minimum Gasteiger partial charge on any atom is -0.494 e. The lowest BCUT2D eigenvalue weighted by Crippen LogP contribution is -2.44. The van der Waals surface area contributed by atoms with Crippen molar-refractivity contribution >= 4 is 17.7 Å². The lowest BCUT2D eigenvalue weighted by molar-refractivity contribution is 0.386. The Balaban J connectivity index is 2.69. The summed E-state index contributed by atoms with van der Waals surface area (Å²) in [5.41, 5.74) is 0.838. The van der Waals surface area contributed by atoms with Crippen LogP contribution >= 0.6 is 11.8 Å². The maximum atomic E-state index is 13.8. The fourth-order valence-corrected chi connectivity index (χ4v) is 2.02. The number of rotatable bonds is 6. The normalized spacial score (nSPS) is 13.7. The summed E-state index contributed by atoms with van der Waals surface area (Å²) in [6.07, 6.45) is 2.08. The smallest absolute Gasteiger partial charge is 0.191 e. The third-order valence-electron chi connectivity index (χ3n) is 3.49. The monoisotopic (exact) mass is 327 g/mol. The molecule has 2 N–H and O–H groups in total. The Morgan fingerprint density at radius 3 is 2.64 bits per heavy atom. The first kappa shape index (κ1) is 18.6. The van der Waals surface area contributed by atoms with Crippen molar-refractivity contribution in [2.24, 2.45) is 4.99 Å². The number of benzene rings is 1. The molecule has 0 fully saturated rings. The average Bonchev–Trinajstić information content (AvgIpc) is 2.51. The summed E-state index contributed by atoms with van der Waals surface area (Å²) in [7, 11) is 3.18. The number of thioether (sulfide) groups is 1. The van der Waals surface area contributed by atoms with Gasteiger partial charge in [0.15, 0.2) is 17.5 Å². The van der Waals surface area contributed by atoms with Crippen LogP contribution in [0.15, 0.2) is 23.2 Å². The van der Waals surface area contributed by atoms with E-state index in [-0.39, 0.29) is 22.4 Å². The molecule has 22 heavy (non-hydrogen) atoms. The van der Waals surface area contributed by atoms with Gasteiger partial charge in [-0.05, 0) is 44.7 Å². The predicted octanol–water partition coefficient (Wildman–Crippen LogP) is 3.20. The standard InChI is InChI=1S/C16H26FN3OS/c1-11(12-7-8-14(21-5)13(17)9-12)20-15(18-4)19-10-16(2,3)22-6/h7-9,11H,10H2,1-6H3,(H2,18,19,20). The van der Waals surface area contributed by atoms with Crippen molar-refractivity contribution in [3.8, 4) is 5.75 Å². The summed E-state index contributed by atoms with van der Waals surface area (Å²) in [6.45, 7) is 7.09. The fraction of sp³-hybridized carbons (Fsp3) is 0.562. The van der Waals surface area contributed by atoms with Gasteiger partial charge in [-0.3, -0.25) is 4.99 Å². The number of hydrogen-bond acceptors (Lipinski definition) is 3. The van der Waals surface area contributed by atoms with Gasteiger partial charge in [0.25, 0.3) is 0 Å². The van der Waals surface area contributed by atoms with Crippen molar-refractivity contribution in [1.82, 2.24) is 10.6 Å². The second kappa shape index (κ2) is 8.27. The lowest BCUT2D eigenvalue weighted by atomic mass is 10.1. The summed E-state index contributed by atoms with van der Waals surface area (Å²) in [4.78, 5) is 4.21. The van der Waals surface area contributed by atoms with Crippen LogP contribution in [0.3, 0.4) is 0 Å². The number of nitrogens with zero attached hydrogens (tertiary/aromatic N) is 1. The molecule has 0 aromatic heterocycles. The lowest BCUT2D eigenvalue weighted by Gasteiger charge is -2.25. The number of hydrogen-bond donors (Lipinski definition) is 2. The predicted molar refractivity (Wildman–Crippen MR) is 93.5 cm³/mol. The largest absolute Gasteiger partial charge is 0.494 e. The van der Waals surface area contributed by atoms with Crippen LogP contribution in [-0.4, -0.2) is 37.7 Å². The van der Waals surface area contributed by atoms with Gasteiger partial charge >= 0.3 is 0 Å². The molecule has 0 bridgehead atoms. The summed E-state index contributed by atoms with van der Waals surface area (Å²) < 4.78 is 18.8. The van der Waals surface area contributed by atoms with Crippen molar-refractivity contribution in [1.29, 1.82) is 0 Å². The first-order valence-corrected chi connectivity index (χ1v) is 8.41. The zero-order valence-electron chi connectivity index (χ0n) is 14.2. The van der Waals surface area contributed by atoms with Crippen molar-refractivity contribution in [2.45, 2.75) is 31.6 Å². The topological polar surface area (TPSA) is 45.7 Å². The Hall–Kier alpha value is -1.43. The van der Waals surface area contributed by atoms with E-state index in [0.717, 1.165) is 12.1 Å². The maximum Gasteiger partial charge on any atom is 0.191 e. The fourth-order valence-electron chi connectivity index (χ4n) is 1.80. The minimum atomic E-state index is -0.361. The van der Waals surface area contributed by atoms with Gasteiger partial charge in [-0.15, -0.1) is 0 Å². The van der Waals surface area contributed by atoms with Crippen LogP contribution in [0.1, 0.15) is 32.4 Å². The van der Waals surface area contributed by atoms with E-state index in [1.807, 2.05) is 13.0 Å². The van der Waals surface area contributed by atoms with Gasteiger partial charge in [-0.25, -0.2) is 4.39 Å². The highest BCUT2D eigenvalue weighted by molar-refractivity contribution is 7.99. The first-order chi connectivity index (χ1) is 10.3. The van der Waals surface area contributed by atoms with Gasteiger partial charge < -0.3 is 15.4 Å². The van der Waals surface area contributed by atoms with Crippen LogP contribution < -0.4 is 15.4 Å². The van der Waals surface area contributed by atoms with Gasteiger partial charge in [0.2, 0.25) is 0 Å². The number of halogens is 1. The Kier molecular flexibility index (Phi) is 7.00. The zero-order chi connectivity index (χ0) is 16.8. The van der Waals surface area contributed by atoms with Crippen molar-refractivity contribution in [2.75, 3.05) is 27.0 Å². The molecule has 1 rings (SSSR count). The zero-order valence-corrected chi connectivity index (χ0v) is 15.0. The van der Waals surface area contributed by atoms with Crippen LogP contribution in [0.4, 0.5) is 4.39 Å². The molecule has 0 radical (unpaired) electrons. The Bertz CT molecular complexity index is 520. The number of aliphatic imine (C=N–C) groups is 1. The molecule has 0 amide bonds. The molecule has 4 nitrogen and oxygen atoms in total. The van der Waals surface area contributed by atoms with E-state index < -0.39 is 0 Å². The van der Waals surface area contributed by atoms with Gasteiger partial charge in [0.05, 0.1) is 13.2 Å². The highest BCUT2D eigenvalue weighted by Gasteiger charge is 2.17. The summed E-state index contributed by atoms with van der Waals surface area (Å²) in [5, 5.41) is 6.56. The molecule has 0 saturated heterocycles. The molecule has 0 aliphatic rings. The molecule has 0 aliphatic heterocycles. The molecular weight excluding hydrogens is 301 g/mol. The molecule has 6 heteroatoms. The molecule has 0 aliphatic carbocycles. The first-order valence-electron chi connectivity index (χ1n) is 7.18. The second-order valence-corrected chi connectivity index (χ2v) is 7.16. The number of guanidine groups is 1. The van der Waals surface area contributed by atoms with Gasteiger partial charge in [-0.1, -0.05) is 6.07 Å². The molecule has 1 aromatic rings. The Morgan fingerprint density at radius 1 is 1.45 bits per heavy atom. The van der Waals surface area contributed by atoms with E-state index in [9.17, 15) is 4.39 Å². The van der Waals surface area contributed by atoms with Gasteiger partial charge in [0, 0.05) is 18.3 Å². The van der Waals surface area contributed by atoms with Crippen LogP contribution in [0, 0.1) is 5.82 Å². The molecule has 1 aromatic carbocycles. The van der Waals surface area contributed by atoms with Crippen molar-refractivity contribution in [3.05, 3.63) is 29.6 Å². The van der Waals surface area contributed by atoms with Gasteiger partial charge in [0.1, 0.15) is 0 Å². The van der Waals surface area contributed by atoms with E-state index in [1.54, 1.807) is 24.9 Å². The molecule has 0 spiro atoms. The van der Waals surface area contributed by atoms with Crippen LogP contribution in [0.2, 0.25) is 0 Å². The molecule has 124 valence electrons. The van der Waals surface area contributed by atoms with Crippen LogP contribution in [0.25, 0.3) is 0 Å². The number of nitrogens with one attached hydrogen (secondary N) is 2. The SMILES string of the molecule is CN=C(NCC(C)(C)SC)NC(C)c1ccc(OC)c(F)c1. The van der Waals surface area contributed by atoms with E-state index in [0.29, 0.717) is 5.96 Å². The van der Waals surface area contributed by atoms with Gasteiger partial charge in [-0.2, -0.15) is 11.8 Å². The Morgan fingerprint density at radius 2 is 2.14 bits per heavy atom. The van der Waals surface area contributed by atoms with Crippen LogP contribution in [0.5, 0.6) is 5.75 Å². The van der Waals surface area contributed by atoms with E-state index in [4.69, 9.17) is 4.74 Å². The van der Waals surface area contributed by atoms with E-state index >= 15 is 0 Å². The molecule has 0 saturated carbocycles. The molecular formula is C16H26FN3OS. The van der Waals surface area contributed by atoms with Crippen LogP contribution in [-0.2, 0) is 0 Å². The summed E-state index contributed by atoms with van der Waals surface area (Å²) >= 11 is 1.79. The maximum absolute atomic E-state index is 13.8. The molecule has 1 unspecified atom stereocenters. The minimum absolute atomic E-state index is 0.0657. The van der Waals surface area contributed by atoms with E-state index in [1.165, 1.54) is 13.2 Å². The molecule has 1 atom stereocenters. The highest BCUT2D eigenvalue weighted by atomic mass is 32.2. The second-order valence-electron chi connectivity index (χ2n) is 5.65. The summed E-state index contributed by atoms with van der Waals surface area (Å²) in [5.74, 6) is 0.589. The Labute approximate surface area is 136 Å². The number of ether oxygens (including phenoxy) is 1. The summed E-state index contributed by atoms with van der Waals surface area (Å²) in [6, 6.07) is 4.90. The van der Waals surface area contributed by atoms with Crippen molar-refractivity contribution < 1.29 is 9.13 Å².